The summed E-state index contributed by atoms with van der Waals surface area (Å²) in [6.07, 6.45) is 2.66. The number of para-hydroxylation sites is 2. The molecule has 8 nitrogen and oxygen atoms in total. The first-order valence-corrected chi connectivity index (χ1v) is 8.81. The van der Waals surface area contributed by atoms with Gasteiger partial charge in [0.15, 0.2) is 11.5 Å². The maximum atomic E-state index is 12.7. The van der Waals surface area contributed by atoms with Crippen molar-refractivity contribution in [1.82, 2.24) is 10.2 Å². The number of aliphatic hydroxyl groups is 1. The molecule has 144 valence electrons. The van der Waals surface area contributed by atoms with Gasteiger partial charge in [0.05, 0.1) is 18.5 Å². The monoisotopic (exact) mass is 381 g/mol. The van der Waals surface area contributed by atoms with Crippen LogP contribution in [0.15, 0.2) is 54.9 Å². The number of ether oxygens (including phenoxy) is 3. The zero-order valence-electron chi connectivity index (χ0n) is 14.9. The summed E-state index contributed by atoms with van der Waals surface area (Å²) in [5.41, 5.74) is 2.23. The lowest BCUT2D eigenvalue weighted by Crippen LogP contribution is -2.40. The largest absolute Gasteiger partial charge is 0.489 e. The second kappa shape index (κ2) is 8.01. The number of rotatable bonds is 6. The molecule has 2 heterocycles. The zero-order valence-corrected chi connectivity index (χ0v) is 14.9. The molecule has 4 rings (SSSR count). The topological polar surface area (TPSA) is 106 Å². The number of fused-ring (bicyclic) bond motifs is 1. The highest BCUT2D eigenvalue weighted by atomic mass is 16.6. The zero-order chi connectivity index (χ0) is 19.3. The average Bonchev–Trinajstić information content (AvgIpc) is 3.27. The van der Waals surface area contributed by atoms with Crippen LogP contribution in [-0.4, -0.2) is 47.1 Å². The number of carbonyl (C=O) groups is 1. The molecule has 0 bridgehead atoms. The standard InChI is InChI=1S/C20H19N3O5/c24-7-8-26-18-9-13(14-10-21-22-11-14)5-6-15(18)23-20(25)19-12-27-16-3-1-2-4-17(16)28-19/h1-6,9-11,19,24H,7-8,12H2,(H,21,22)(H,23,25). The lowest BCUT2D eigenvalue weighted by molar-refractivity contribution is -0.125. The van der Waals surface area contributed by atoms with Crippen LogP contribution in [0.1, 0.15) is 0 Å². The fraction of sp³-hybridized carbons (Fsp3) is 0.200. The first-order chi connectivity index (χ1) is 13.7. The number of aromatic nitrogens is 2. The molecule has 1 aromatic heterocycles. The molecule has 1 aliphatic rings. The highest BCUT2D eigenvalue weighted by molar-refractivity contribution is 5.96. The Bertz CT molecular complexity index is 958. The van der Waals surface area contributed by atoms with Crippen LogP contribution in [0.4, 0.5) is 5.69 Å². The molecule has 0 fully saturated rings. The van der Waals surface area contributed by atoms with Crippen molar-refractivity contribution in [2.75, 3.05) is 25.1 Å². The van der Waals surface area contributed by atoms with Gasteiger partial charge in [-0.1, -0.05) is 18.2 Å². The highest BCUT2D eigenvalue weighted by Gasteiger charge is 2.28. The summed E-state index contributed by atoms with van der Waals surface area (Å²) in [6.45, 7) is 0.0800. The van der Waals surface area contributed by atoms with Gasteiger partial charge >= 0.3 is 0 Å². The molecule has 0 saturated heterocycles. The van der Waals surface area contributed by atoms with Gasteiger partial charge in [-0.05, 0) is 29.8 Å². The summed E-state index contributed by atoms with van der Waals surface area (Å²) in [4.78, 5) is 12.7. The van der Waals surface area contributed by atoms with Gasteiger partial charge < -0.3 is 24.6 Å². The van der Waals surface area contributed by atoms with Crippen LogP contribution >= 0.6 is 0 Å². The first-order valence-electron chi connectivity index (χ1n) is 8.81. The van der Waals surface area contributed by atoms with E-state index in [0.717, 1.165) is 11.1 Å². The van der Waals surface area contributed by atoms with E-state index in [-0.39, 0.29) is 25.7 Å². The number of carbonyl (C=O) groups excluding carboxylic acids is 1. The molecule has 2 aromatic carbocycles. The van der Waals surface area contributed by atoms with E-state index in [1.54, 1.807) is 36.7 Å². The molecule has 1 amide bonds. The molecule has 1 aliphatic heterocycles. The lowest BCUT2D eigenvalue weighted by atomic mass is 10.1. The van der Waals surface area contributed by atoms with Crippen molar-refractivity contribution in [3.63, 3.8) is 0 Å². The molecular weight excluding hydrogens is 362 g/mol. The molecular formula is C20H19N3O5. The van der Waals surface area contributed by atoms with Crippen LogP contribution in [0.2, 0.25) is 0 Å². The SMILES string of the molecule is O=C(Nc1ccc(-c2cn[nH]c2)cc1OCCO)C1COc2ccccc2O1. The fourth-order valence-electron chi connectivity index (χ4n) is 2.85. The number of amides is 1. The molecule has 1 unspecified atom stereocenters. The number of nitrogens with zero attached hydrogens (tertiary/aromatic N) is 1. The predicted molar refractivity (Wildman–Crippen MR) is 102 cm³/mol. The number of aromatic amines is 1. The molecule has 3 N–H and O–H groups in total. The van der Waals surface area contributed by atoms with Gasteiger partial charge in [0, 0.05) is 11.8 Å². The van der Waals surface area contributed by atoms with E-state index in [2.05, 4.69) is 15.5 Å². The van der Waals surface area contributed by atoms with Crippen LogP contribution in [0.5, 0.6) is 17.2 Å². The Morgan fingerprint density at radius 2 is 2.11 bits per heavy atom. The lowest BCUT2D eigenvalue weighted by Gasteiger charge is -2.25. The number of benzene rings is 2. The number of nitrogens with one attached hydrogen (secondary N) is 2. The quantitative estimate of drug-likeness (QED) is 0.605. The fourth-order valence-corrected chi connectivity index (χ4v) is 2.85. The molecule has 3 aromatic rings. The summed E-state index contributed by atoms with van der Waals surface area (Å²) in [5.74, 6) is 1.24. The summed E-state index contributed by atoms with van der Waals surface area (Å²) >= 11 is 0. The van der Waals surface area contributed by atoms with E-state index in [4.69, 9.17) is 19.3 Å². The van der Waals surface area contributed by atoms with Crippen molar-refractivity contribution in [2.45, 2.75) is 6.10 Å². The van der Waals surface area contributed by atoms with Crippen molar-refractivity contribution in [3.05, 3.63) is 54.9 Å². The van der Waals surface area contributed by atoms with Crippen LogP contribution in [-0.2, 0) is 4.79 Å². The van der Waals surface area contributed by atoms with Crippen molar-refractivity contribution in [1.29, 1.82) is 0 Å². The summed E-state index contributed by atoms with van der Waals surface area (Å²) in [7, 11) is 0. The Balaban J connectivity index is 1.52. The molecule has 0 spiro atoms. The van der Waals surface area contributed by atoms with Crippen molar-refractivity contribution < 1.29 is 24.1 Å². The van der Waals surface area contributed by atoms with Crippen molar-refractivity contribution in [2.24, 2.45) is 0 Å². The second-order valence-electron chi connectivity index (χ2n) is 6.12. The van der Waals surface area contributed by atoms with E-state index >= 15 is 0 Å². The van der Waals surface area contributed by atoms with Gasteiger partial charge in [-0.2, -0.15) is 5.10 Å². The normalized spacial score (nSPS) is 15.1. The third-order valence-electron chi connectivity index (χ3n) is 4.22. The van der Waals surface area contributed by atoms with Gasteiger partial charge in [0.2, 0.25) is 6.10 Å². The highest BCUT2D eigenvalue weighted by Crippen LogP contribution is 2.33. The smallest absolute Gasteiger partial charge is 0.269 e. The molecule has 28 heavy (non-hydrogen) atoms. The van der Waals surface area contributed by atoms with Crippen LogP contribution in [0, 0.1) is 0 Å². The molecule has 8 heteroatoms. The van der Waals surface area contributed by atoms with E-state index < -0.39 is 6.10 Å². The van der Waals surface area contributed by atoms with Gasteiger partial charge in [0.1, 0.15) is 19.0 Å². The minimum Gasteiger partial charge on any atom is -0.489 e. The summed E-state index contributed by atoms with van der Waals surface area (Å²) < 4.78 is 16.9. The molecule has 0 aliphatic carbocycles. The maximum absolute atomic E-state index is 12.7. The third kappa shape index (κ3) is 3.77. The van der Waals surface area contributed by atoms with Gasteiger partial charge in [-0.15, -0.1) is 0 Å². The van der Waals surface area contributed by atoms with E-state index in [9.17, 15) is 4.79 Å². The Morgan fingerprint density at radius 3 is 2.89 bits per heavy atom. The van der Waals surface area contributed by atoms with Crippen LogP contribution in [0.25, 0.3) is 11.1 Å². The Labute approximate surface area is 161 Å². The van der Waals surface area contributed by atoms with Gasteiger partial charge in [0.25, 0.3) is 5.91 Å². The number of aliphatic hydroxyl groups excluding tert-OH is 1. The van der Waals surface area contributed by atoms with E-state index in [1.165, 1.54) is 0 Å². The predicted octanol–water partition coefficient (Wildman–Crippen LogP) is 2.23. The Morgan fingerprint density at radius 1 is 1.25 bits per heavy atom. The Hall–Kier alpha value is -3.52. The first kappa shape index (κ1) is 17.9. The molecule has 1 atom stereocenters. The summed E-state index contributed by atoms with van der Waals surface area (Å²) in [5, 5.41) is 18.6. The van der Waals surface area contributed by atoms with E-state index in [1.807, 2.05) is 18.2 Å². The average molecular weight is 381 g/mol. The number of H-pyrrole nitrogens is 1. The van der Waals surface area contributed by atoms with E-state index in [0.29, 0.717) is 22.9 Å². The maximum Gasteiger partial charge on any atom is 0.269 e. The van der Waals surface area contributed by atoms with Crippen LogP contribution in [0.3, 0.4) is 0 Å². The number of hydrogen-bond acceptors (Lipinski definition) is 6. The van der Waals surface area contributed by atoms with Gasteiger partial charge in [-0.3, -0.25) is 9.89 Å². The Kier molecular flexibility index (Phi) is 5.11. The van der Waals surface area contributed by atoms with Crippen molar-refractivity contribution in [3.8, 4) is 28.4 Å². The minimum absolute atomic E-state index is 0.105. The minimum atomic E-state index is -0.783. The van der Waals surface area contributed by atoms with Crippen LogP contribution < -0.4 is 19.5 Å². The third-order valence-corrected chi connectivity index (χ3v) is 4.22. The van der Waals surface area contributed by atoms with Gasteiger partial charge in [-0.25, -0.2) is 0 Å². The molecule has 0 radical (unpaired) electrons. The number of hydrogen-bond donors (Lipinski definition) is 3. The number of anilines is 1. The summed E-state index contributed by atoms with van der Waals surface area (Å²) in [6, 6.07) is 12.6. The molecule has 0 saturated carbocycles. The van der Waals surface area contributed by atoms with Crippen molar-refractivity contribution >= 4 is 11.6 Å². The second-order valence-corrected chi connectivity index (χ2v) is 6.12.